The van der Waals surface area contributed by atoms with E-state index in [2.05, 4.69) is 111 Å². The average Bonchev–Trinajstić information content (AvgIpc) is 2.99. The molecule has 4 aromatic rings. The van der Waals surface area contributed by atoms with Crippen LogP contribution in [0.5, 0.6) is 11.5 Å². The van der Waals surface area contributed by atoms with Crippen LogP contribution in [0.2, 0.25) is 19.1 Å². The van der Waals surface area contributed by atoms with Crippen LogP contribution in [0.15, 0.2) is 109 Å². The number of rotatable bonds is 16. The highest BCUT2D eigenvalue weighted by atomic mass is 79.9. The van der Waals surface area contributed by atoms with Crippen molar-refractivity contribution in [1.29, 1.82) is 0 Å². The number of benzene rings is 4. The molecule has 0 unspecified atom stereocenters. The number of ether oxygens (including phenoxy) is 1. The largest absolute Gasteiger partial charge is 1.00 e. The lowest BCUT2D eigenvalue weighted by atomic mass is 10.1. The second kappa shape index (κ2) is 17.0. The Morgan fingerprint density at radius 3 is 1.62 bits per heavy atom. The Hall–Kier alpha value is -2.43. The van der Waals surface area contributed by atoms with Crippen LogP contribution in [0, 0.1) is 0 Å². The minimum atomic E-state index is -2.36. The van der Waals surface area contributed by atoms with Crippen molar-refractivity contribution in [2.24, 2.45) is 0 Å². The van der Waals surface area contributed by atoms with Gasteiger partial charge in [0.15, 0.2) is 19.4 Å². The predicted octanol–water partition coefficient (Wildman–Crippen LogP) is 4.98. The highest BCUT2D eigenvalue weighted by Gasteiger charge is 2.50. The molecule has 0 atom stereocenters. The molecule has 0 spiro atoms. The molecule has 6 heteroatoms. The quantitative estimate of drug-likeness (QED) is 0.104. The Morgan fingerprint density at radius 1 is 0.643 bits per heavy atom. The van der Waals surface area contributed by atoms with Gasteiger partial charge in [0.1, 0.15) is 28.9 Å². The van der Waals surface area contributed by atoms with E-state index in [0.29, 0.717) is 6.61 Å². The summed E-state index contributed by atoms with van der Waals surface area (Å²) in [5, 5.41) is 15.6. The van der Waals surface area contributed by atoms with Crippen molar-refractivity contribution in [2.75, 3.05) is 13.2 Å². The van der Waals surface area contributed by atoms with Gasteiger partial charge in [0, 0.05) is 12.7 Å². The molecular formula is C36H46BrO3PSi. The van der Waals surface area contributed by atoms with Gasteiger partial charge in [0.2, 0.25) is 0 Å². The number of hydrogen-bond acceptors (Lipinski definition) is 3. The molecule has 0 aliphatic carbocycles. The third kappa shape index (κ3) is 8.80. The number of phenols is 1. The lowest BCUT2D eigenvalue weighted by molar-refractivity contribution is -0.0000109. The van der Waals surface area contributed by atoms with Gasteiger partial charge in [-0.3, -0.25) is 0 Å². The Kier molecular flexibility index (Phi) is 13.8. The summed E-state index contributed by atoms with van der Waals surface area (Å²) in [5.74, 6) is 1.12. The van der Waals surface area contributed by atoms with E-state index in [4.69, 9.17) is 9.16 Å². The summed E-state index contributed by atoms with van der Waals surface area (Å²) in [5.41, 5.74) is 0. The maximum Gasteiger partial charge on any atom is 0.186 e. The predicted molar refractivity (Wildman–Crippen MR) is 180 cm³/mol. The lowest BCUT2D eigenvalue weighted by Gasteiger charge is -2.29. The first kappa shape index (κ1) is 34.1. The summed E-state index contributed by atoms with van der Waals surface area (Å²) in [6.45, 7) is 8.27. The van der Waals surface area contributed by atoms with Gasteiger partial charge >= 0.3 is 0 Å². The minimum Gasteiger partial charge on any atom is -1.00 e. The lowest BCUT2D eigenvalue weighted by Crippen LogP contribution is -3.00. The van der Waals surface area contributed by atoms with Gasteiger partial charge in [-0.15, -0.1) is 0 Å². The van der Waals surface area contributed by atoms with Crippen molar-refractivity contribution < 1.29 is 31.3 Å². The Bertz CT molecular complexity index is 1220. The monoisotopic (exact) mass is 664 g/mol. The highest BCUT2D eigenvalue weighted by Crippen LogP contribution is 2.56. The van der Waals surface area contributed by atoms with E-state index in [9.17, 15) is 5.11 Å². The molecule has 224 valence electrons. The van der Waals surface area contributed by atoms with Gasteiger partial charge in [-0.1, -0.05) is 86.7 Å². The fourth-order valence-electron chi connectivity index (χ4n) is 5.71. The molecule has 4 rings (SSSR count). The molecule has 0 amide bonds. The molecule has 1 N–H and O–H groups in total. The van der Waals surface area contributed by atoms with E-state index in [1.165, 1.54) is 47.6 Å². The first-order valence-corrected chi connectivity index (χ1v) is 20.0. The maximum absolute atomic E-state index is 10.8. The van der Waals surface area contributed by atoms with E-state index >= 15 is 0 Å². The van der Waals surface area contributed by atoms with E-state index < -0.39 is 15.6 Å². The SMILES string of the molecule is CCO[Si](C)(C)CCCCCCCCOc1ccc(O)cc1[P+](c1ccccc1)(c1ccccc1)c1ccccc1.[Br-]. The van der Waals surface area contributed by atoms with Crippen molar-refractivity contribution in [1.82, 2.24) is 0 Å². The maximum atomic E-state index is 10.8. The van der Waals surface area contributed by atoms with Crippen molar-refractivity contribution in [3.8, 4) is 11.5 Å². The fraction of sp³-hybridized carbons (Fsp3) is 0.333. The van der Waals surface area contributed by atoms with Crippen molar-refractivity contribution in [2.45, 2.75) is 64.6 Å². The smallest absolute Gasteiger partial charge is 0.186 e. The third-order valence-corrected chi connectivity index (χ3v) is 14.6. The van der Waals surface area contributed by atoms with E-state index in [-0.39, 0.29) is 22.7 Å². The van der Waals surface area contributed by atoms with Crippen LogP contribution in [0.1, 0.15) is 45.4 Å². The Balaban J connectivity index is 0.00000484. The summed E-state index contributed by atoms with van der Waals surface area (Å²) in [6.07, 6.45) is 7.24. The van der Waals surface area contributed by atoms with Crippen LogP contribution in [0.25, 0.3) is 0 Å². The van der Waals surface area contributed by atoms with E-state index in [0.717, 1.165) is 30.5 Å². The first-order valence-electron chi connectivity index (χ1n) is 15.1. The van der Waals surface area contributed by atoms with Crippen molar-refractivity contribution in [3.63, 3.8) is 0 Å². The normalized spacial score (nSPS) is 11.6. The topological polar surface area (TPSA) is 38.7 Å². The van der Waals surface area contributed by atoms with Gasteiger partial charge in [0.05, 0.1) is 6.61 Å². The third-order valence-electron chi connectivity index (χ3n) is 7.70. The van der Waals surface area contributed by atoms with E-state index in [1.807, 2.05) is 12.1 Å². The van der Waals surface area contributed by atoms with Gasteiger partial charge in [0.25, 0.3) is 0 Å². The summed E-state index contributed by atoms with van der Waals surface area (Å²) in [4.78, 5) is 0. The zero-order valence-electron chi connectivity index (χ0n) is 25.3. The molecule has 0 aromatic heterocycles. The van der Waals surface area contributed by atoms with Gasteiger partial charge in [-0.25, -0.2) is 0 Å². The molecule has 0 fully saturated rings. The van der Waals surface area contributed by atoms with E-state index in [1.54, 1.807) is 6.07 Å². The van der Waals surface area contributed by atoms with Crippen LogP contribution in [0.3, 0.4) is 0 Å². The molecule has 0 aliphatic heterocycles. The van der Waals surface area contributed by atoms with Crippen LogP contribution >= 0.6 is 7.26 Å². The van der Waals surface area contributed by atoms with Gasteiger partial charge in [-0.05, 0) is 81.0 Å². The Labute approximate surface area is 265 Å². The zero-order valence-corrected chi connectivity index (χ0v) is 28.8. The molecular weight excluding hydrogens is 619 g/mol. The molecule has 0 bridgehead atoms. The molecule has 4 aromatic carbocycles. The van der Waals surface area contributed by atoms with Crippen molar-refractivity contribution >= 4 is 36.8 Å². The number of halogens is 1. The number of aromatic hydroxyl groups is 1. The van der Waals surface area contributed by atoms with Crippen LogP contribution in [0.4, 0.5) is 0 Å². The van der Waals surface area contributed by atoms with Gasteiger partial charge in [-0.2, -0.15) is 0 Å². The Morgan fingerprint density at radius 2 is 1.12 bits per heavy atom. The summed E-state index contributed by atoms with van der Waals surface area (Å²) in [6, 6.07) is 39.1. The molecule has 0 radical (unpaired) electrons. The van der Waals surface area contributed by atoms with Crippen molar-refractivity contribution in [3.05, 3.63) is 109 Å². The fourth-order valence-corrected chi connectivity index (χ4v) is 12.1. The van der Waals surface area contributed by atoms with Crippen LogP contribution < -0.4 is 42.9 Å². The standard InChI is InChI=1S/C36H45O3PSi.BrH/c1-4-39-41(2,3)29-19-8-6-5-7-18-28-38-35-27-26-31(37)30-36(35)40(32-20-12-9-13-21-32,33-22-14-10-15-23-33)34-24-16-11-17-25-34;/h9-17,20-27,30H,4-8,18-19,28-29H2,1-3H3;1H. The average molecular weight is 666 g/mol. The zero-order chi connectivity index (χ0) is 29.0. The molecule has 42 heavy (non-hydrogen) atoms. The number of unbranched alkanes of at least 4 members (excludes halogenated alkanes) is 5. The first-order chi connectivity index (χ1) is 20.0. The second-order valence-electron chi connectivity index (χ2n) is 11.2. The summed E-state index contributed by atoms with van der Waals surface area (Å²) in [7, 11) is -3.81. The van der Waals surface area contributed by atoms with Crippen LogP contribution in [-0.2, 0) is 4.43 Å². The minimum absolute atomic E-state index is 0. The molecule has 0 saturated heterocycles. The van der Waals surface area contributed by atoms with Crippen LogP contribution in [-0.4, -0.2) is 26.6 Å². The summed E-state index contributed by atoms with van der Waals surface area (Å²) >= 11 is 0. The molecule has 3 nitrogen and oxygen atoms in total. The number of phenolic OH excluding ortho intramolecular Hbond substituents is 1. The molecule has 0 aliphatic rings. The molecule has 0 saturated carbocycles. The molecule has 0 heterocycles. The summed E-state index contributed by atoms with van der Waals surface area (Å²) < 4.78 is 12.5. The highest BCUT2D eigenvalue weighted by molar-refractivity contribution is 8.01. The van der Waals surface area contributed by atoms with Gasteiger partial charge < -0.3 is 31.3 Å². The number of hydrogen-bond donors (Lipinski definition) is 1. The second-order valence-corrected chi connectivity index (χ2v) is 18.9.